The standard InChI is InChI=1S/C28H28N4O3/c1-4-21-8-5-6-9-23(21)32-26(33)24-16-22(25-10-7-15-35-25)30-31(24)18-28(32,3)27(34)29-17-20-13-11-19(2)12-14-20/h5-16H,4,17-18H2,1-3H3,(H,29,34)/t28-/m1/s1. The van der Waals surface area contributed by atoms with E-state index in [1.165, 1.54) is 0 Å². The second-order valence-corrected chi connectivity index (χ2v) is 9.11. The van der Waals surface area contributed by atoms with Gasteiger partial charge in [-0.15, -0.1) is 0 Å². The molecule has 5 rings (SSSR count). The number of para-hydroxylation sites is 1. The molecule has 7 nitrogen and oxygen atoms in total. The lowest BCUT2D eigenvalue weighted by Crippen LogP contribution is -2.64. The minimum Gasteiger partial charge on any atom is -0.463 e. The van der Waals surface area contributed by atoms with E-state index in [0.29, 0.717) is 23.7 Å². The third-order valence-corrected chi connectivity index (χ3v) is 6.60. The second kappa shape index (κ2) is 8.91. The molecule has 1 aliphatic heterocycles. The smallest absolute Gasteiger partial charge is 0.277 e. The van der Waals surface area contributed by atoms with E-state index in [0.717, 1.165) is 28.8 Å². The maximum Gasteiger partial charge on any atom is 0.277 e. The molecule has 1 atom stereocenters. The van der Waals surface area contributed by atoms with Crippen molar-refractivity contribution in [3.63, 3.8) is 0 Å². The van der Waals surface area contributed by atoms with Crippen molar-refractivity contribution in [3.8, 4) is 11.5 Å². The van der Waals surface area contributed by atoms with Gasteiger partial charge in [0.05, 0.1) is 12.8 Å². The third kappa shape index (κ3) is 4.03. The number of furan rings is 1. The highest BCUT2D eigenvalue weighted by Crippen LogP contribution is 2.36. The van der Waals surface area contributed by atoms with Gasteiger partial charge < -0.3 is 9.73 Å². The zero-order valence-corrected chi connectivity index (χ0v) is 20.1. The number of benzene rings is 2. The lowest BCUT2D eigenvalue weighted by molar-refractivity contribution is -0.126. The Kier molecular flexibility index (Phi) is 5.76. The Hall–Kier alpha value is -4.13. The summed E-state index contributed by atoms with van der Waals surface area (Å²) in [6.45, 7) is 6.46. The number of amides is 2. The Labute approximate surface area is 204 Å². The molecule has 0 radical (unpaired) electrons. The van der Waals surface area contributed by atoms with Crippen LogP contribution in [-0.4, -0.2) is 27.1 Å². The van der Waals surface area contributed by atoms with Crippen LogP contribution in [-0.2, 0) is 24.3 Å². The number of carbonyl (C=O) groups excluding carboxylic acids is 2. The molecule has 1 N–H and O–H groups in total. The fraction of sp³-hybridized carbons (Fsp3) is 0.250. The van der Waals surface area contributed by atoms with E-state index in [1.807, 2.05) is 62.4 Å². The van der Waals surface area contributed by atoms with Gasteiger partial charge in [0.15, 0.2) is 5.76 Å². The molecule has 0 fully saturated rings. The van der Waals surface area contributed by atoms with E-state index in [2.05, 4.69) is 10.4 Å². The summed E-state index contributed by atoms with van der Waals surface area (Å²) in [5, 5.41) is 7.67. The number of aromatic nitrogens is 2. The Morgan fingerprint density at radius 1 is 1.11 bits per heavy atom. The first kappa shape index (κ1) is 22.7. The summed E-state index contributed by atoms with van der Waals surface area (Å²) in [7, 11) is 0. The highest BCUT2D eigenvalue weighted by molar-refractivity contribution is 6.12. The topological polar surface area (TPSA) is 80.4 Å². The second-order valence-electron chi connectivity index (χ2n) is 9.11. The summed E-state index contributed by atoms with van der Waals surface area (Å²) in [6, 6.07) is 21.1. The largest absolute Gasteiger partial charge is 0.463 e. The van der Waals surface area contributed by atoms with E-state index in [-0.39, 0.29) is 18.4 Å². The van der Waals surface area contributed by atoms with Crippen LogP contribution in [0.5, 0.6) is 0 Å². The highest BCUT2D eigenvalue weighted by Gasteiger charge is 2.49. The number of aryl methyl sites for hydroxylation is 2. The van der Waals surface area contributed by atoms with Crippen LogP contribution in [0.15, 0.2) is 77.4 Å². The number of hydrogen-bond donors (Lipinski definition) is 1. The van der Waals surface area contributed by atoms with Crippen LogP contribution in [0.25, 0.3) is 11.5 Å². The van der Waals surface area contributed by atoms with Gasteiger partial charge in [-0.2, -0.15) is 5.10 Å². The molecule has 2 aromatic heterocycles. The van der Waals surface area contributed by atoms with Crippen molar-refractivity contribution < 1.29 is 14.0 Å². The number of nitrogens with one attached hydrogen (secondary N) is 1. The number of carbonyl (C=O) groups is 2. The molecule has 4 aromatic rings. The van der Waals surface area contributed by atoms with E-state index >= 15 is 0 Å². The summed E-state index contributed by atoms with van der Waals surface area (Å²) in [6.07, 6.45) is 2.31. The van der Waals surface area contributed by atoms with Gasteiger partial charge in [0, 0.05) is 18.3 Å². The van der Waals surface area contributed by atoms with Crippen molar-refractivity contribution >= 4 is 17.5 Å². The lowest BCUT2D eigenvalue weighted by atomic mass is 9.92. The van der Waals surface area contributed by atoms with Crippen molar-refractivity contribution in [2.75, 3.05) is 4.90 Å². The zero-order valence-electron chi connectivity index (χ0n) is 20.1. The molecule has 0 unspecified atom stereocenters. The number of anilines is 1. The van der Waals surface area contributed by atoms with Gasteiger partial charge in [-0.1, -0.05) is 55.0 Å². The SMILES string of the molecule is CCc1ccccc1N1C(=O)c2cc(-c3ccco3)nn2C[C@]1(C)C(=O)NCc1ccc(C)cc1. The molecule has 2 aromatic carbocycles. The van der Waals surface area contributed by atoms with E-state index in [1.54, 1.807) is 41.0 Å². The minimum atomic E-state index is -1.19. The monoisotopic (exact) mass is 468 g/mol. The van der Waals surface area contributed by atoms with Crippen LogP contribution < -0.4 is 10.2 Å². The van der Waals surface area contributed by atoms with Crippen LogP contribution >= 0.6 is 0 Å². The highest BCUT2D eigenvalue weighted by atomic mass is 16.3. The summed E-state index contributed by atoms with van der Waals surface area (Å²) in [5.41, 5.74) is 3.68. The molecule has 7 heteroatoms. The van der Waals surface area contributed by atoms with Crippen LogP contribution in [0.1, 0.15) is 41.0 Å². The maximum atomic E-state index is 14.0. The molecule has 1 aliphatic rings. The average molecular weight is 469 g/mol. The predicted octanol–water partition coefficient (Wildman–Crippen LogP) is 4.75. The molecule has 2 amide bonds. The van der Waals surface area contributed by atoms with Crippen molar-refractivity contribution in [1.82, 2.24) is 15.1 Å². The van der Waals surface area contributed by atoms with Crippen LogP contribution in [0.4, 0.5) is 5.69 Å². The first-order valence-electron chi connectivity index (χ1n) is 11.8. The molecule has 35 heavy (non-hydrogen) atoms. The van der Waals surface area contributed by atoms with Crippen LogP contribution in [0.3, 0.4) is 0 Å². The molecular weight excluding hydrogens is 440 g/mol. The van der Waals surface area contributed by atoms with Gasteiger partial charge in [-0.05, 0) is 49.6 Å². The molecule has 0 spiro atoms. The number of nitrogens with zero attached hydrogens (tertiary/aromatic N) is 3. The van der Waals surface area contributed by atoms with Gasteiger partial charge in [0.25, 0.3) is 5.91 Å². The Balaban J connectivity index is 1.55. The average Bonchev–Trinajstić information content (AvgIpc) is 3.54. The van der Waals surface area contributed by atoms with Crippen molar-refractivity contribution in [3.05, 3.63) is 95.4 Å². The molecule has 3 heterocycles. The molecule has 0 saturated heterocycles. The maximum absolute atomic E-state index is 14.0. The van der Waals surface area contributed by atoms with Crippen molar-refractivity contribution in [2.45, 2.75) is 45.8 Å². The van der Waals surface area contributed by atoms with Crippen molar-refractivity contribution in [1.29, 1.82) is 0 Å². The van der Waals surface area contributed by atoms with E-state index in [4.69, 9.17) is 4.42 Å². The van der Waals surface area contributed by atoms with Crippen LogP contribution in [0, 0.1) is 6.92 Å². The predicted molar refractivity (Wildman–Crippen MR) is 134 cm³/mol. The van der Waals surface area contributed by atoms with Gasteiger partial charge in [0.1, 0.15) is 16.9 Å². The van der Waals surface area contributed by atoms with Gasteiger partial charge in [0.2, 0.25) is 5.91 Å². The molecular formula is C28H28N4O3. The first-order valence-corrected chi connectivity index (χ1v) is 11.8. The molecule has 0 saturated carbocycles. The van der Waals surface area contributed by atoms with Crippen molar-refractivity contribution in [2.24, 2.45) is 0 Å². The van der Waals surface area contributed by atoms with Gasteiger partial charge >= 0.3 is 0 Å². The number of hydrogen-bond acceptors (Lipinski definition) is 4. The Bertz CT molecular complexity index is 1370. The lowest BCUT2D eigenvalue weighted by Gasteiger charge is -2.43. The zero-order chi connectivity index (χ0) is 24.6. The Morgan fingerprint density at radius 2 is 1.89 bits per heavy atom. The number of fused-ring (bicyclic) bond motifs is 1. The van der Waals surface area contributed by atoms with Gasteiger partial charge in [-0.25, -0.2) is 0 Å². The third-order valence-electron chi connectivity index (χ3n) is 6.60. The fourth-order valence-corrected chi connectivity index (χ4v) is 4.61. The van der Waals surface area contributed by atoms with Crippen LogP contribution in [0.2, 0.25) is 0 Å². The summed E-state index contributed by atoms with van der Waals surface area (Å²) in [4.78, 5) is 29.4. The van der Waals surface area contributed by atoms with E-state index < -0.39 is 5.54 Å². The summed E-state index contributed by atoms with van der Waals surface area (Å²) < 4.78 is 7.12. The quantitative estimate of drug-likeness (QED) is 0.443. The summed E-state index contributed by atoms with van der Waals surface area (Å²) in [5.74, 6) is 0.0687. The minimum absolute atomic E-state index is 0.215. The number of rotatable bonds is 6. The molecule has 178 valence electrons. The molecule has 0 bridgehead atoms. The first-order chi connectivity index (χ1) is 16.9. The van der Waals surface area contributed by atoms with E-state index in [9.17, 15) is 9.59 Å². The normalized spacial score (nSPS) is 17.3. The summed E-state index contributed by atoms with van der Waals surface area (Å²) >= 11 is 0. The molecule has 0 aliphatic carbocycles. The fourth-order valence-electron chi connectivity index (χ4n) is 4.61. The van der Waals surface area contributed by atoms with Gasteiger partial charge in [-0.3, -0.25) is 19.2 Å². The Morgan fingerprint density at radius 3 is 2.60 bits per heavy atom.